The molecule has 0 aliphatic carbocycles. The van der Waals surface area contributed by atoms with Crippen molar-refractivity contribution < 1.29 is 4.74 Å². The fourth-order valence-electron chi connectivity index (χ4n) is 2.74. The Bertz CT molecular complexity index is 561. The second-order valence-electron chi connectivity index (χ2n) is 5.46. The first-order valence-electron chi connectivity index (χ1n) is 7.01. The van der Waals surface area contributed by atoms with E-state index in [2.05, 4.69) is 34.8 Å². The Morgan fingerprint density at radius 2 is 2.10 bits per heavy atom. The van der Waals surface area contributed by atoms with E-state index in [4.69, 9.17) is 4.74 Å². The van der Waals surface area contributed by atoms with Gasteiger partial charge in [-0.25, -0.2) is 4.98 Å². The fourth-order valence-corrected chi connectivity index (χ4v) is 2.74. The summed E-state index contributed by atoms with van der Waals surface area (Å²) in [6, 6.07) is 4.18. The Hall–Kier alpha value is -1.10. The van der Waals surface area contributed by atoms with Gasteiger partial charge in [0.2, 0.25) is 0 Å². The van der Waals surface area contributed by atoms with Gasteiger partial charge in [-0.2, -0.15) is 0 Å². The van der Waals surface area contributed by atoms with E-state index in [1.54, 1.807) is 0 Å². The number of morpholine rings is 1. The lowest BCUT2D eigenvalue weighted by atomic mass is 10.0. The predicted molar refractivity (Wildman–Crippen MR) is 83.5 cm³/mol. The third kappa shape index (κ3) is 2.97. The number of pyridine rings is 1. The van der Waals surface area contributed by atoms with E-state index in [1.807, 2.05) is 12.3 Å². The van der Waals surface area contributed by atoms with Crippen LogP contribution in [0.2, 0.25) is 0 Å². The van der Waals surface area contributed by atoms with Crippen molar-refractivity contribution in [2.24, 2.45) is 0 Å². The number of aromatic amines is 1. The molecule has 0 radical (unpaired) electrons. The third-order valence-electron chi connectivity index (χ3n) is 3.77. The van der Waals surface area contributed by atoms with Gasteiger partial charge >= 0.3 is 0 Å². The molecule has 1 fully saturated rings. The lowest BCUT2D eigenvalue weighted by molar-refractivity contribution is 0.0342. The van der Waals surface area contributed by atoms with E-state index in [0.29, 0.717) is 5.92 Å². The van der Waals surface area contributed by atoms with Crippen LogP contribution in [-0.4, -0.2) is 41.2 Å². The maximum Gasteiger partial charge on any atom is 0.137 e. The van der Waals surface area contributed by atoms with Crippen molar-refractivity contribution in [1.29, 1.82) is 0 Å². The van der Waals surface area contributed by atoms with Gasteiger partial charge in [0.15, 0.2) is 0 Å². The van der Waals surface area contributed by atoms with E-state index in [1.165, 1.54) is 16.6 Å². The number of halogens is 1. The van der Waals surface area contributed by atoms with Crippen molar-refractivity contribution in [3.63, 3.8) is 0 Å². The summed E-state index contributed by atoms with van der Waals surface area (Å²) in [5.41, 5.74) is 3.73. The molecule has 1 aliphatic rings. The Morgan fingerprint density at radius 1 is 1.35 bits per heavy atom. The average molecular weight is 296 g/mol. The molecular weight excluding hydrogens is 274 g/mol. The maximum absolute atomic E-state index is 5.42. The molecule has 2 aromatic rings. The van der Waals surface area contributed by atoms with Crippen LogP contribution in [0.4, 0.5) is 0 Å². The lowest BCUT2D eigenvalue weighted by Gasteiger charge is -2.27. The summed E-state index contributed by atoms with van der Waals surface area (Å²) >= 11 is 0. The van der Waals surface area contributed by atoms with Crippen LogP contribution in [0.3, 0.4) is 0 Å². The van der Waals surface area contributed by atoms with Gasteiger partial charge in [0, 0.05) is 36.9 Å². The van der Waals surface area contributed by atoms with Crippen LogP contribution in [0.5, 0.6) is 0 Å². The van der Waals surface area contributed by atoms with Gasteiger partial charge in [-0.1, -0.05) is 13.8 Å². The topological polar surface area (TPSA) is 41.2 Å². The molecule has 110 valence electrons. The van der Waals surface area contributed by atoms with Gasteiger partial charge in [0.25, 0.3) is 0 Å². The number of H-pyrrole nitrogens is 1. The molecule has 0 saturated carbocycles. The fraction of sp³-hybridized carbons (Fsp3) is 0.533. The SMILES string of the molecule is CC(C)c1[nH]c2ncccc2c1CN1CCOCC1.Cl. The van der Waals surface area contributed by atoms with Crippen molar-refractivity contribution >= 4 is 23.4 Å². The lowest BCUT2D eigenvalue weighted by Crippen LogP contribution is -2.35. The van der Waals surface area contributed by atoms with E-state index < -0.39 is 0 Å². The minimum absolute atomic E-state index is 0. The highest BCUT2D eigenvalue weighted by atomic mass is 35.5. The average Bonchev–Trinajstić information content (AvgIpc) is 2.79. The van der Waals surface area contributed by atoms with E-state index in [-0.39, 0.29) is 12.4 Å². The minimum Gasteiger partial charge on any atom is -0.379 e. The number of fused-ring (bicyclic) bond motifs is 1. The number of nitrogens with one attached hydrogen (secondary N) is 1. The van der Waals surface area contributed by atoms with Gasteiger partial charge in [-0.05, 0) is 23.6 Å². The minimum atomic E-state index is 0. The smallest absolute Gasteiger partial charge is 0.137 e. The largest absolute Gasteiger partial charge is 0.379 e. The van der Waals surface area contributed by atoms with Gasteiger partial charge in [0.05, 0.1) is 13.2 Å². The van der Waals surface area contributed by atoms with Gasteiger partial charge in [-0.15, -0.1) is 12.4 Å². The van der Waals surface area contributed by atoms with E-state index >= 15 is 0 Å². The third-order valence-corrected chi connectivity index (χ3v) is 3.77. The van der Waals surface area contributed by atoms with E-state index in [9.17, 15) is 0 Å². The molecule has 0 spiro atoms. The first kappa shape index (κ1) is 15.3. The zero-order chi connectivity index (χ0) is 13.2. The summed E-state index contributed by atoms with van der Waals surface area (Å²) in [7, 11) is 0. The first-order valence-corrected chi connectivity index (χ1v) is 7.01. The van der Waals surface area contributed by atoms with Crippen molar-refractivity contribution in [2.75, 3.05) is 26.3 Å². The zero-order valence-electron chi connectivity index (χ0n) is 12.1. The summed E-state index contributed by atoms with van der Waals surface area (Å²) in [5, 5.41) is 1.26. The van der Waals surface area contributed by atoms with Crippen molar-refractivity contribution in [2.45, 2.75) is 26.3 Å². The van der Waals surface area contributed by atoms with E-state index in [0.717, 1.165) is 38.5 Å². The summed E-state index contributed by atoms with van der Waals surface area (Å²) in [5.74, 6) is 0.491. The second kappa shape index (κ2) is 6.57. The molecule has 3 rings (SSSR count). The highest BCUT2D eigenvalue weighted by Crippen LogP contribution is 2.27. The molecule has 4 nitrogen and oxygen atoms in total. The van der Waals surface area contributed by atoms with Crippen LogP contribution >= 0.6 is 12.4 Å². The van der Waals surface area contributed by atoms with Crippen molar-refractivity contribution in [1.82, 2.24) is 14.9 Å². The number of hydrogen-bond acceptors (Lipinski definition) is 3. The molecule has 0 bridgehead atoms. The summed E-state index contributed by atoms with van der Waals surface area (Å²) in [4.78, 5) is 10.4. The first-order chi connectivity index (χ1) is 9.25. The number of aromatic nitrogens is 2. The second-order valence-corrected chi connectivity index (χ2v) is 5.46. The number of nitrogens with zero attached hydrogens (tertiary/aromatic N) is 2. The number of hydrogen-bond donors (Lipinski definition) is 1. The monoisotopic (exact) mass is 295 g/mol. The maximum atomic E-state index is 5.42. The molecule has 0 atom stereocenters. The molecule has 20 heavy (non-hydrogen) atoms. The summed E-state index contributed by atoms with van der Waals surface area (Å²) < 4.78 is 5.42. The molecule has 3 heterocycles. The Labute approximate surface area is 125 Å². The zero-order valence-corrected chi connectivity index (χ0v) is 12.9. The van der Waals surface area contributed by atoms with Crippen LogP contribution < -0.4 is 0 Å². The van der Waals surface area contributed by atoms with Crippen LogP contribution in [0.15, 0.2) is 18.3 Å². The molecule has 0 aromatic carbocycles. The summed E-state index contributed by atoms with van der Waals surface area (Å²) in [6.07, 6.45) is 1.85. The predicted octanol–water partition coefficient (Wildman–Crippen LogP) is 2.94. The standard InChI is InChI=1S/C15H21N3O.ClH/c1-11(2)14-13(10-18-6-8-19-9-7-18)12-4-3-5-16-15(12)17-14;/h3-5,11H,6-10H2,1-2H3,(H,16,17);1H. The molecule has 0 unspecified atom stereocenters. The summed E-state index contributed by atoms with van der Waals surface area (Å²) in [6.45, 7) is 9.17. The van der Waals surface area contributed by atoms with Crippen LogP contribution in [-0.2, 0) is 11.3 Å². The molecular formula is C15H22ClN3O. The molecule has 5 heteroatoms. The quantitative estimate of drug-likeness (QED) is 0.946. The van der Waals surface area contributed by atoms with Gasteiger partial charge in [0.1, 0.15) is 5.65 Å². The van der Waals surface area contributed by atoms with Crippen LogP contribution in [0.25, 0.3) is 11.0 Å². The molecule has 1 aliphatic heterocycles. The van der Waals surface area contributed by atoms with Crippen LogP contribution in [0.1, 0.15) is 31.0 Å². The normalized spacial score (nSPS) is 16.6. The Kier molecular flexibility index (Phi) is 5.02. The molecule has 1 saturated heterocycles. The van der Waals surface area contributed by atoms with Gasteiger partial charge in [-0.3, -0.25) is 4.90 Å². The number of ether oxygens (including phenoxy) is 1. The number of rotatable bonds is 3. The van der Waals surface area contributed by atoms with Gasteiger partial charge < -0.3 is 9.72 Å². The van der Waals surface area contributed by atoms with Crippen LogP contribution in [0, 0.1) is 0 Å². The van der Waals surface area contributed by atoms with Crippen molar-refractivity contribution in [3.05, 3.63) is 29.6 Å². The highest BCUT2D eigenvalue weighted by molar-refractivity contribution is 5.85. The Morgan fingerprint density at radius 3 is 2.80 bits per heavy atom. The molecule has 1 N–H and O–H groups in total. The highest BCUT2D eigenvalue weighted by Gasteiger charge is 2.18. The van der Waals surface area contributed by atoms with Crippen molar-refractivity contribution in [3.8, 4) is 0 Å². The Balaban J connectivity index is 0.00000147. The molecule has 0 amide bonds. The molecule has 2 aromatic heterocycles.